The molecule has 2 aromatic rings. The summed E-state index contributed by atoms with van der Waals surface area (Å²) in [6.45, 7) is 9.02. The normalized spacial score (nSPS) is 17.7. The van der Waals surface area contributed by atoms with Crippen LogP contribution in [0.15, 0.2) is 36.4 Å². The summed E-state index contributed by atoms with van der Waals surface area (Å²) in [5, 5.41) is 10.6. The van der Waals surface area contributed by atoms with Crippen LogP contribution in [0.25, 0.3) is 0 Å². The van der Waals surface area contributed by atoms with Crippen molar-refractivity contribution in [2.45, 2.75) is 45.3 Å². The lowest BCUT2D eigenvalue weighted by molar-refractivity contribution is 0.142. The monoisotopic (exact) mass is 444 g/mol. The molecule has 1 atom stereocenters. The van der Waals surface area contributed by atoms with Crippen molar-refractivity contribution in [3.05, 3.63) is 56.7 Å². The first kappa shape index (κ1) is 23.3. The maximum Gasteiger partial charge on any atom is 0.120 e. The van der Waals surface area contributed by atoms with E-state index in [1.54, 1.807) is 25.2 Å². The lowest BCUT2D eigenvalue weighted by Crippen LogP contribution is -2.40. The molecule has 1 fully saturated rings. The molecule has 0 radical (unpaired) electrons. The second-order valence-corrected chi connectivity index (χ2v) is 10.6. The third kappa shape index (κ3) is 8.06. The van der Waals surface area contributed by atoms with Crippen LogP contribution in [0.5, 0.6) is 0 Å². The molecule has 3 nitrogen and oxygen atoms in total. The second kappa shape index (κ2) is 10.8. The average Bonchev–Trinajstić information content (AvgIpc) is 3.13. The van der Waals surface area contributed by atoms with Crippen LogP contribution < -0.4 is 0 Å². The molecule has 30 heavy (non-hydrogen) atoms. The van der Waals surface area contributed by atoms with E-state index in [0.29, 0.717) is 0 Å². The number of hydrogen-bond acceptors (Lipinski definition) is 4. The van der Waals surface area contributed by atoms with Gasteiger partial charge in [-0.25, -0.2) is 0 Å². The molecule has 0 unspecified atom stereocenters. The Morgan fingerprint density at radius 1 is 1.23 bits per heavy atom. The summed E-state index contributed by atoms with van der Waals surface area (Å²) in [4.78, 5) is 7.40. The fraction of sp³-hybridized carbons (Fsp3) is 0.520. The van der Waals surface area contributed by atoms with Crippen LogP contribution in [0.1, 0.15) is 42.0 Å². The number of likely N-dealkylation sites (tertiary alicyclic amines) is 1. The minimum atomic E-state index is -0.943. The van der Waals surface area contributed by atoms with E-state index in [2.05, 4.69) is 53.0 Å². The maximum absolute atomic E-state index is 9.76. The van der Waals surface area contributed by atoms with Gasteiger partial charge in [0.1, 0.15) is 5.60 Å². The fourth-order valence-electron chi connectivity index (χ4n) is 3.96. The van der Waals surface area contributed by atoms with Crippen LogP contribution in [-0.2, 0) is 13.0 Å². The standard InChI is InChI=1S/C25H33ClN2OS/c1-25(2,29)14-12-23-10-11-24(30-23)19-27(3)17-21-5-4-15-28(18-21)16-13-20-6-8-22(26)9-7-20/h6-11,21,29H,4-5,13,15-19H2,1-3H3/t21-/m1/s1. The molecule has 5 heteroatoms. The molecule has 0 amide bonds. The Morgan fingerprint density at radius 3 is 2.73 bits per heavy atom. The maximum atomic E-state index is 9.76. The highest BCUT2D eigenvalue weighted by Gasteiger charge is 2.21. The Morgan fingerprint density at radius 2 is 2.00 bits per heavy atom. The van der Waals surface area contributed by atoms with Gasteiger partial charge in [-0.1, -0.05) is 35.6 Å². The summed E-state index contributed by atoms with van der Waals surface area (Å²) in [5.41, 5.74) is 0.418. The van der Waals surface area contributed by atoms with E-state index < -0.39 is 5.60 Å². The Bertz CT molecular complexity index is 860. The number of aliphatic hydroxyl groups is 1. The molecular weight excluding hydrogens is 412 g/mol. The largest absolute Gasteiger partial charge is 0.378 e. The number of hydrogen-bond donors (Lipinski definition) is 1. The van der Waals surface area contributed by atoms with Crippen molar-refractivity contribution in [2.24, 2.45) is 5.92 Å². The molecule has 1 aromatic carbocycles. The summed E-state index contributed by atoms with van der Waals surface area (Å²) in [5.74, 6) is 6.70. The highest BCUT2D eigenvalue weighted by Crippen LogP contribution is 2.21. The Hall–Kier alpha value is -1.35. The van der Waals surface area contributed by atoms with E-state index in [1.165, 1.54) is 36.4 Å². The summed E-state index contributed by atoms with van der Waals surface area (Å²) in [7, 11) is 2.22. The van der Waals surface area contributed by atoms with E-state index in [-0.39, 0.29) is 0 Å². The van der Waals surface area contributed by atoms with Crippen LogP contribution >= 0.6 is 22.9 Å². The molecule has 1 N–H and O–H groups in total. The highest BCUT2D eigenvalue weighted by molar-refractivity contribution is 7.12. The van der Waals surface area contributed by atoms with Crippen molar-refractivity contribution >= 4 is 22.9 Å². The predicted octanol–water partition coefficient (Wildman–Crippen LogP) is 4.91. The summed E-state index contributed by atoms with van der Waals surface area (Å²) in [6.07, 6.45) is 3.69. The summed E-state index contributed by atoms with van der Waals surface area (Å²) < 4.78 is 0. The Kier molecular flexibility index (Phi) is 8.39. The van der Waals surface area contributed by atoms with Gasteiger partial charge in [-0.05, 0) is 82.4 Å². The highest BCUT2D eigenvalue weighted by atomic mass is 35.5. The zero-order valence-corrected chi connectivity index (χ0v) is 19.9. The van der Waals surface area contributed by atoms with Crippen LogP contribution in [0, 0.1) is 17.8 Å². The lowest BCUT2D eigenvalue weighted by Gasteiger charge is -2.34. The van der Waals surface area contributed by atoms with Gasteiger partial charge in [0.05, 0.1) is 4.88 Å². The van der Waals surface area contributed by atoms with Gasteiger partial charge in [-0.2, -0.15) is 0 Å². The zero-order valence-electron chi connectivity index (χ0n) is 18.3. The van der Waals surface area contributed by atoms with Gasteiger partial charge < -0.3 is 14.9 Å². The van der Waals surface area contributed by atoms with E-state index in [9.17, 15) is 5.11 Å². The topological polar surface area (TPSA) is 26.7 Å². The third-order valence-corrected chi connectivity index (χ3v) is 6.62. The van der Waals surface area contributed by atoms with Gasteiger partial charge in [0.15, 0.2) is 0 Å². The molecule has 3 rings (SSSR count). The number of piperidine rings is 1. The average molecular weight is 445 g/mol. The van der Waals surface area contributed by atoms with Crippen molar-refractivity contribution in [2.75, 3.05) is 33.2 Å². The van der Waals surface area contributed by atoms with E-state index in [1.807, 2.05) is 12.1 Å². The van der Waals surface area contributed by atoms with Crippen molar-refractivity contribution in [1.82, 2.24) is 9.80 Å². The van der Waals surface area contributed by atoms with Crippen molar-refractivity contribution in [3.8, 4) is 11.8 Å². The molecule has 1 aromatic heterocycles. The number of nitrogens with zero attached hydrogens (tertiary/aromatic N) is 2. The molecule has 0 bridgehead atoms. The lowest BCUT2D eigenvalue weighted by atomic mass is 9.97. The molecular formula is C25H33ClN2OS. The van der Waals surface area contributed by atoms with Gasteiger partial charge in [0, 0.05) is 36.1 Å². The first-order valence-corrected chi connectivity index (χ1v) is 12.0. The first-order chi connectivity index (χ1) is 14.3. The second-order valence-electron chi connectivity index (χ2n) is 8.96. The molecule has 0 saturated carbocycles. The number of halogens is 1. The predicted molar refractivity (Wildman–Crippen MR) is 128 cm³/mol. The minimum absolute atomic E-state index is 0.725. The molecule has 0 aliphatic carbocycles. The molecule has 1 saturated heterocycles. The smallest absolute Gasteiger partial charge is 0.120 e. The van der Waals surface area contributed by atoms with Gasteiger partial charge in [0.25, 0.3) is 0 Å². The molecule has 162 valence electrons. The molecule has 0 spiro atoms. The van der Waals surface area contributed by atoms with Crippen molar-refractivity contribution < 1.29 is 5.11 Å². The summed E-state index contributed by atoms with van der Waals surface area (Å²) in [6, 6.07) is 12.5. The van der Waals surface area contributed by atoms with Crippen LogP contribution in [0.2, 0.25) is 5.02 Å². The van der Waals surface area contributed by atoms with Crippen molar-refractivity contribution in [3.63, 3.8) is 0 Å². The molecule has 1 aliphatic rings. The van der Waals surface area contributed by atoms with Gasteiger partial charge in [0.2, 0.25) is 0 Å². The minimum Gasteiger partial charge on any atom is -0.378 e. The summed E-state index contributed by atoms with van der Waals surface area (Å²) >= 11 is 7.72. The van der Waals surface area contributed by atoms with Crippen LogP contribution in [-0.4, -0.2) is 53.7 Å². The Balaban J connectivity index is 1.44. The fourth-order valence-corrected chi connectivity index (χ4v) is 5.03. The number of rotatable bonds is 7. The third-order valence-electron chi connectivity index (χ3n) is 5.38. The first-order valence-electron chi connectivity index (χ1n) is 10.8. The van der Waals surface area contributed by atoms with E-state index in [0.717, 1.165) is 41.9 Å². The Labute approximate surface area is 190 Å². The van der Waals surface area contributed by atoms with Crippen LogP contribution in [0.4, 0.5) is 0 Å². The van der Waals surface area contributed by atoms with Gasteiger partial charge in [-0.3, -0.25) is 0 Å². The molecule has 2 heterocycles. The van der Waals surface area contributed by atoms with E-state index >= 15 is 0 Å². The van der Waals surface area contributed by atoms with Crippen LogP contribution in [0.3, 0.4) is 0 Å². The quantitative estimate of drug-likeness (QED) is 0.614. The number of thiophene rings is 1. The van der Waals surface area contributed by atoms with Gasteiger partial charge in [-0.15, -0.1) is 11.3 Å². The van der Waals surface area contributed by atoms with E-state index in [4.69, 9.17) is 11.6 Å². The zero-order chi connectivity index (χ0) is 21.6. The van der Waals surface area contributed by atoms with Crippen molar-refractivity contribution in [1.29, 1.82) is 0 Å². The number of benzene rings is 1. The SMILES string of the molecule is CN(Cc1ccc(C#CC(C)(C)O)s1)C[C@H]1CCCN(CCc2ccc(Cl)cc2)C1. The van der Waals surface area contributed by atoms with Gasteiger partial charge >= 0.3 is 0 Å². The molecule has 1 aliphatic heterocycles.